The SMILES string of the molecule is CC/C=C\C/C=C\C/C=C\C/C=C\C/C=C\C/C=C\C/C=C\C/C=C\CCCCC(=O)OC(CO)COC(=O)CCCCCCCCCCCCCCCCCCCCCCCCCCCCCCC/C=C\C/C=C\CCCCCCC. The minimum Gasteiger partial charge on any atom is -0.462 e. The molecule has 1 atom stereocenters. The molecule has 0 radical (unpaired) electrons. The van der Waals surface area contributed by atoms with Crippen molar-refractivity contribution in [2.24, 2.45) is 0 Å². The summed E-state index contributed by atoms with van der Waals surface area (Å²) < 4.78 is 10.7. The van der Waals surface area contributed by atoms with E-state index < -0.39 is 6.10 Å². The highest BCUT2D eigenvalue weighted by Gasteiger charge is 2.16. The minimum atomic E-state index is -0.804. The van der Waals surface area contributed by atoms with Gasteiger partial charge in [-0.1, -0.05) is 334 Å². The van der Waals surface area contributed by atoms with E-state index >= 15 is 0 Å². The molecule has 0 aromatic carbocycles. The molecule has 5 heteroatoms. The number of rotatable bonds is 64. The molecule has 0 fully saturated rings. The monoisotopic (exact) mass is 1140 g/mol. The average molecular weight is 1140 g/mol. The number of allylic oxidation sites excluding steroid dienone is 20. The van der Waals surface area contributed by atoms with Gasteiger partial charge in [-0.3, -0.25) is 9.59 Å². The Hall–Kier alpha value is -3.70. The van der Waals surface area contributed by atoms with Crippen molar-refractivity contribution in [3.8, 4) is 0 Å². The van der Waals surface area contributed by atoms with E-state index in [9.17, 15) is 14.7 Å². The van der Waals surface area contributed by atoms with E-state index in [-0.39, 0.29) is 25.2 Å². The van der Waals surface area contributed by atoms with Gasteiger partial charge < -0.3 is 14.6 Å². The van der Waals surface area contributed by atoms with Gasteiger partial charge in [0.2, 0.25) is 0 Å². The molecule has 0 bridgehead atoms. The van der Waals surface area contributed by atoms with Crippen LogP contribution in [0.4, 0.5) is 0 Å². The first-order valence-electron chi connectivity index (χ1n) is 35.1. The average Bonchev–Trinajstić information content (AvgIpc) is 3.49. The number of aliphatic hydroxyl groups is 1. The van der Waals surface area contributed by atoms with E-state index in [1.54, 1.807) is 0 Å². The third kappa shape index (κ3) is 68.8. The van der Waals surface area contributed by atoms with Gasteiger partial charge in [-0.05, 0) is 109 Å². The molecule has 0 aliphatic rings. The molecule has 0 spiro atoms. The van der Waals surface area contributed by atoms with Gasteiger partial charge >= 0.3 is 11.9 Å². The van der Waals surface area contributed by atoms with Gasteiger partial charge in [-0.25, -0.2) is 0 Å². The summed E-state index contributed by atoms with van der Waals surface area (Å²) in [6.07, 6.45) is 105. The summed E-state index contributed by atoms with van der Waals surface area (Å²) in [6.45, 7) is 4.00. The van der Waals surface area contributed by atoms with Gasteiger partial charge in [0.25, 0.3) is 0 Å². The third-order valence-electron chi connectivity index (χ3n) is 15.2. The second-order valence-corrected chi connectivity index (χ2v) is 23.2. The van der Waals surface area contributed by atoms with Crippen molar-refractivity contribution in [1.82, 2.24) is 0 Å². The predicted octanol–water partition coefficient (Wildman–Crippen LogP) is 24.5. The van der Waals surface area contributed by atoms with Crippen molar-refractivity contribution in [2.45, 2.75) is 341 Å². The van der Waals surface area contributed by atoms with E-state index in [0.29, 0.717) is 12.8 Å². The third-order valence-corrected chi connectivity index (χ3v) is 15.2. The zero-order valence-corrected chi connectivity index (χ0v) is 54.0. The number of esters is 2. The molecule has 0 aliphatic heterocycles. The molecular formula is C77H132O5. The van der Waals surface area contributed by atoms with Crippen molar-refractivity contribution in [1.29, 1.82) is 0 Å². The lowest BCUT2D eigenvalue weighted by molar-refractivity contribution is -0.161. The second-order valence-electron chi connectivity index (χ2n) is 23.2. The molecule has 5 nitrogen and oxygen atoms in total. The number of unbranched alkanes of at least 4 members (excludes halogenated alkanes) is 36. The zero-order valence-electron chi connectivity index (χ0n) is 54.0. The lowest BCUT2D eigenvalue weighted by Crippen LogP contribution is -2.28. The summed E-state index contributed by atoms with van der Waals surface area (Å²) in [5, 5.41) is 9.68. The van der Waals surface area contributed by atoms with E-state index in [0.717, 1.165) is 96.3 Å². The fourth-order valence-electron chi connectivity index (χ4n) is 10.0. The Morgan fingerprint density at radius 3 is 0.817 bits per heavy atom. The van der Waals surface area contributed by atoms with Gasteiger partial charge in [0.15, 0.2) is 6.10 Å². The second kappa shape index (κ2) is 71.6. The van der Waals surface area contributed by atoms with Gasteiger partial charge in [-0.15, -0.1) is 0 Å². The Balaban J connectivity index is 3.48. The van der Waals surface area contributed by atoms with Crippen LogP contribution >= 0.6 is 0 Å². The Morgan fingerprint density at radius 2 is 0.524 bits per heavy atom. The summed E-state index contributed by atoms with van der Waals surface area (Å²) >= 11 is 0. The topological polar surface area (TPSA) is 72.8 Å². The van der Waals surface area contributed by atoms with Gasteiger partial charge in [0.1, 0.15) is 6.61 Å². The number of carbonyl (C=O) groups excluding carboxylic acids is 2. The predicted molar refractivity (Wildman–Crippen MR) is 362 cm³/mol. The molecule has 1 N–H and O–H groups in total. The van der Waals surface area contributed by atoms with E-state index in [1.165, 1.54) is 212 Å². The van der Waals surface area contributed by atoms with Crippen LogP contribution in [0.3, 0.4) is 0 Å². The van der Waals surface area contributed by atoms with Crippen LogP contribution in [0.2, 0.25) is 0 Å². The number of carbonyl (C=O) groups is 2. The first-order chi connectivity index (χ1) is 40.6. The smallest absolute Gasteiger partial charge is 0.306 e. The standard InChI is InChI=1S/C77H132O5/c1-3-5-7-9-11-13-15-17-19-21-23-25-27-29-31-32-33-34-35-36-37-38-39-40-41-42-43-44-46-47-49-51-53-55-57-59-61-63-65-67-69-71-76(79)81-74-75(73-78)82-77(80)72-70-68-66-64-62-60-58-56-54-52-50-48-45-30-28-26-24-22-20-18-16-14-12-10-8-6-4-2/h6,8,12,14-15,17-18,20-21,23-24,26,30,45,50,52,56,58,62,64,75,78H,3-5,7,9-11,13,16,19,22,25,27-29,31-44,46-49,51,53-55,57,59-61,63,65-74H2,1-2H3/b8-6-,14-12-,17-15-,20-18-,23-21-,26-24-,45-30-,52-50-,58-56-,64-62-. The van der Waals surface area contributed by atoms with Crippen molar-refractivity contribution >= 4 is 11.9 Å². The Kier molecular flexibility index (Phi) is 68.3. The van der Waals surface area contributed by atoms with Crippen LogP contribution in [-0.4, -0.2) is 36.4 Å². The van der Waals surface area contributed by atoms with Gasteiger partial charge in [-0.2, -0.15) is 0 Å². The van der Waals surface area contributed by atoms with Crippen molar-refractivity contribution in [3.05, 3.63) is 122 Å². The molecule has 82 heavy (non-hydrogen) atoms. The molecule has 0 aliphatic carbocycles. The molecular weight excluding hydrogens is 1000 g/mol. The summed E-state index contributed by atoms with van der Waals surface area (Å²) in [6, 6.07) is 0. The van der Waals surface area contributed by atoms with Crippen LogP contribution in [0.1, 0.15) is 335 Å². The molecule has 0 rings (SSSR count). The molecule has 1 unspecified atom stereocenters. The first-order valence-corrected chi connectivity index (χ1v) is 35.1. The van der Waals surface area contributed by atoms with Crippen LogP contribution in [0.5, 0.6) is 0 Å². The van der Waals surface area contributed by atoms with Crippen molar-refractivity contribution < 1.29 is 24.2 Å². The fraction of sp³-hybridized carbons (Fsp3) is 0.714. The fourth-order valence-corrected chi connectivity index (χ4v) is 10.0. The molecule has 0 saturated carbocycles. The molecule has 0 amide bonds. The number of hydrogen-bond donors (Lipinski definition) is 1. The van der Waals surface area contributed by atoms with Crippen LogP contribution in [0.15, 0.2) is 122 Å². The highest BCUT2D eigenvalue weighted by molar-refractivity contribution is 5.70. The van der Waals surface area contributed by atoms with Gasteiger partial charge in [0, 0.05) is 12.8 Å². The minimum absolute atomic E-state index is 0.0876. The maximum atomic E-state index is 12.3. The van der Waals surface area contributed by atoms with E-state index in [1.807, 2.05) is 0 Å². The first kappa shape index (κ1) is 78.3. The normalized spacial score (nSPS) is 13.0. The highest BCUT2D eigenvalue weighted by atomic mass is 16.6. The Morgan fingerprint density at radius 1 is 0.293 bits per heavy atom. The van der Waals surface area contributed by atoms with Crippen LogP contribution in [0.25, 0.3) is 0 Å². The number of ether oxygens (including phenoxy) is 2. The molecule has 0 saturated heterocycles. The van der Waals surface area contributed by atoms with E-state index in [4.69, 9.17) is 9.47 Å². The quantitative estimate of drug-likeness (QED) is 0.0373. The summed E-state index contributed by atoms with van der Waals surface area (Å²) in [5.74, 6) is -0.637. The van der Waals surface area contributed by atoms with Crippen LogP contribution in [-0.2, 0) is 19.1 Å². The van der Waals surface area contributed by atoms with Crippen LogP contribution < -0.4 is 0 Å². The maximum Gasteiger partial charge on any atom is 0.306 e. The molecule has 0 aromatic rings. The largest absolute Gasteiger partial charge is 0.462 e. The maximum absolute atomic E-state index is 12.3. The number of hydrogen-bond acceptors (Lipinski definition) is 5. The molecule has 0 heterocycles. The summed E-state index contributed by atoms with van der Waals surface area (Å²) in [7, 11) is 0. The summed E-state index contributed by atoms with van der Waals surface area (Å²) in [4.78, 5) is 24.6. The van der Waals surface area contributed by atoms with Crippen molar-refractivity contribution in [2.75, 3.05) is 13.2 Å². The van der Waals surface area contributed by atoms with Crippen LogP contribution in [0, 0.1) is 0 Å². The number of aliphatic hydroxyl groups excluding tert-OH is 1. The lowest BCUT2D eigenvalue weighted by Gasteiger charge is -2.15. The lowest BCUT2D eigenvalue weighted by atomic mass is 10.0. The summed E-state index contributed by atoms with van der Waals surface area (Å²) in [5.41, 5.74) is 0. The molecule has 470 valence electrons. The van der Waals surface area contributed by atoms with Crippen molar-refractivity contribution in [3.63, 3.8) is 0 Å². The molecule has 0 aromatic heterocycles. The van der Waals surface area contributed by atoms with E-state index in [2.05, 4.69) is 135 Å². The Labute approximate surface area is 509 Å². The zero-order chi connectivity index (χ0) is 59.1. The van der Waals surface area contributed by atoms with Gasteiger partial charge in [0.05, 0.1) is 6.61 Å². The highest BCUT2D eigenvalue weighted by Crippen LogP contribution is 2.18. The Bertz CT molecular complexity index is 1620.